The van der Waals surface area contributed by atoms with E-state index in [0.29, 0.717) is 34.6 Å². The van der Waals surface area contributed by atoms with Gasteiger partial charge in [0.1, 0.15) is 23.9 Å². The van der Waals surface area contributed by atoms with E-state index in [2.05, 4.69) is 0 Å². The number of methoxy groups -OCH3 is 2. The van der Waals surface area contributed by atoms with Gasteiger partial charge in [-0.25, -0.2) is 0 Å². The lowest BCUT2D eigenvalue weighted by Crippen LogP contribution is -2.69. The lowest BCUT2D eigenvalue weighted by molar-refractivity contribution is -0.376. The summed E-state index contributed by atoms with van der Waals surface area (Å²) in [6.07, 6.45) is -5.12. The van der Waals surface area contributed by atoms with Crippen LogP contribution in [0, 0.1) is 11.8 Å². The van der Waals surface area contributed by atoms with Crippen LogP contribution >= 0.6 is 0 Å². The average molecular weight is 603 g/mol. The maximum atomic E-state index is 13.2. The third-order valence-corrected chi connectivity index (χ3v) is 9.10. The number of esters is 1. The third kappa shape index (κ3) is 4.36. The summed E-state index contributed by atoms with van der Waals surface area (Å²) in [6, 6.07) is 5.15. The molecule has 0 radical (unpaired) electrons. The molecule has 13 nitrogen and oxygen atoms in total. The monoisotopic (exact) mass is 602 g/mol. The number of hydrogen-bond acceptors (Lipinski definition) is 13. The van der Waals surface area contributed by atoms with Crippen LogP contribution in [-0.2, 0) is 30.2 Å². The fourth-order valence-corrected chi connectivity index (χ4v) is 6.98. The van der Waals surface area contributed by atoms with Crippen LogP contribution in [-0.4, -0.2) is 92.0 Å². The summed E-state index contributed by atoms with van der Waals surface area (Å²) in [7, 11) is 2.86. The van der Waals surface area contributed by atoms with E-state index in [4.69, 9.17) is 42.6 Å². The Bertz CT molecular complexity index is 1420. The van der Waals surface area contributed by atoms with Crippen LogP contribution < -0.4 is 23.7 Å². The van der Waals surface area contributed by atoms with Crippen molar-refractivity contribution in [3.63, 3.8) is 0 Å². The first-order valence-electron chi connectivity index (χ1n) is 14.2. The summed E-state index contributed by atoms with van der Waals surface area (Å²) in [5.74, 6) is -0.480. The fraction of sp³-hybridized carbons (Fsp3) is 0.567. The van der Waals surface area contributed by atoms with Gasteiger partial charge in [-0.2, -0.15) is 0 Å². The van der Waals surface area contributed by atoms with Crippen molar-refractivity contribution in [2.75, 3.05) is 34.2 Å². The lowest BCUT2D eigenvalue weighted by Gasteiger charge is -2.51. The predicted octanol–water partition coefficient (Wildman–Crippen LogP) is 1.59. The number of phenols is 1. The first kappa shape index (κ1) is 28.3. The van der Waals surface area contributed by atoms with Crippen LogP contribution in [0.4, 0.5) is 0 Å². The Labute approximate surface area is 247 Å². The standard InChI is InChI=1S/C30H34O13/c1-12-38-10-30(2)27(41-12)23(32)24(33)29(43-30)42-25-16-5-14-9-37-28(34)21(14)20(15(16)8-19-26(25)40-11-39-19)13-6-17(35-3)22(31)18(7-13)36-4/h6-8,12,14,20-21,23-24,27,29,31-33H,5,9-11H2,1-4H3/t12-,14+,20-,21+,23-,24-,27+,29-,30-/m1/s1. The van der Waals surface area contributed by atoms with E-state index in [-0.39, 0.29) is 54.9 Å². The summed E-state index contributed by atoms with van der Waals surface area (Å²) in [5, 5.41) is 32.8. The quantitative estimate of drug-likeness (QED) is 0.424. The van der Waals surface area contributed by atoms with Crippen molar-refractivity contribution in [1.29, 1.82) is 0 Å². The minimum atomic E-state index is -1.47. The molecular formula is C30H34O13. The topological polar surface area (TPSA) is 161 Å². The van der Waals surface area contributed by atoms with Gasteiger partial charge in [0.15, 0.2) is 29.3 Å². The number of rotatable bonds is 5. The Morgan fingerprint density at radius 1 is 1.02 bits per heavy atom. The van der Waals surface area contributed by atoms with Gasteiger partial charge in [0.05, 0.1) is 33.4 Å². The zero-order valence-corrected chi connectivity index (χ0v) is 24.1. The molecule has 13 heteroatoms. The number of carbonyl (C=O) groups is 1. The summed E-state index contributed by atoms with van der Waals surface area (Å²) in [6.45, 7) is 3.69. The molecule has 232 valence electrons. The SMILES string of the molecule is COc1cc([C@@H]2c3cc4c(c(O[C@@H]5O[C@]6(C)CO[C@@H](C)O[C@H]6[C@H](O)[C@H]5O)c3C[C@H]3COC(=O)[C@@H]32)OCO4)cc(OC)c1O. The first-order valence-corrected chi connectivity index (χ1v) is 14.2. The van der Waals surface area contributed by atoms with Gasteiger partial charge in [0, 0.05) is 17.4 Å². The van der Waals surface area contributed by atoms with E-state index in [1.165, 1.54) is 14.2 Å². The highest BCUT2D eigenvalue weighted by Crippen LogP contribution is 2.56. The maximum absolute atomic E-state index is 13.2. The van der Waals surface area contributed by atoms with Crippen molar-refractivity contribution >= 4 is 5.97 Å². The summed E-state index contributed by atoms with van der Waals surface area (Å²) < 4.78 is 52.1. The highest BCUT2D eigenvalue weighted by molar-refractivity contribution is 5.79. The van der Waals surface area contributed by atoms with E-state index in [1.54, 1.807) is 26.0 Å². The Kier molecular flexibility index (Phi) is 6.78. The molecule has 43 heavy (non-hydrogen) atoms. The molecular weight excluding hydrogens is 568 g/mol. The van der Waals surface area contributed by atoms with Gasteiger partial charge in [0.2, 0.25) is 24.6 Å². The molecule has 0 aromatic heterocycles. The van der Waals surface area contributed by atoms with Crippen molar-refractivity contribution in [3.05, 3.63) is 34.9 Å². The molecule has 5 aliphatic rings. The van der Waals surface area contributed by atoms with E-state index < -0.39 is 48.3 Å². The molecule has 1 aliphatic carbocycles. The minimum Gasteiger partial charge on any atom is -0.502 e. The van der Waals surface area contributed by atoms with E-state index in [0.717, 1.165) is 0 Å². The fourth-order valence-electron chi connectivity index (χ4n) is 6.98. The van der Waals surface area contributed by atoms with Gasteiger partial charge in [-0.05, 0) is 49.6 Å². The number of cyclic esters (lactones) is 1. The molecule has 2 aromatic carbocycles. The number of fused-ring (bicyclic) bond motifs is 4. The van der Waals surface area contributed by atoms with Gasteiger partial charge in [-0.1, -0.05) is 0 Å². The molecule has 0 bridgehead atoms. The van der Waals surface area contributed by atoms with Crippen LogP contribution in [0.1, 0.15) is 36.5 Å². The van der Waals surface area contributed by atoms with Crippen molar-refractivity contribution in [3.8, 4) is 34.5 Å². The van der Waals surface area contributed by atoms with Gasteiger partial charge in [-0.3, -0.25) is 4.79 Å². The summed E-state index contributed by atoms with van der Waals surface area (Å²) in [5.41, 5.74) is 0.963. The largest absolute Gasteiger partial charge is 0.502 e. The van der Waals surface area contributed by atoms with Crippen LogP contribution in [0.5, 0.6) is 34.5 Å². The van der Waals surface area contributed by atoms with Crippen molar-refractivity contribution in [1.82, 2.24) is 0 Å². The Hall–Kier alpha value is -3.49. The lowest BCUT2D eigenvalue weighted by atomic mass is 9.67. The normalized spacial score (nSPS) is 35.8. The zero-order valence-electron chi connectivity index (χ0n) is 24.1. The molecule has 4 aliphatic heterocycles. The van der Waals surface area contributed by atoms with Crippen LogP contribution in [0.15, 0.2) is 18.2 Å². The zero-order chi connectivity index (χ0) is 30.2. The number of benzene rings is 2. The number of aliphatic hydroxyl groups excluding tert-OH is 2. The second-order valence-corrected chi connectivity index (χ2v) is 11.7. The predicted molar refractivity (Wildman–Crippen MR) is 143 cm³/mol. The summed E-state index contributed by atoms with van der Waals surface area (Å²) in [4.78, 5) is 13.2. The summed E-state index contributed by atoms with van der Waals surface area (Å²) >= 11 is 0. The molecule has 3 fully saturated rings. The van der Waals surface area contributed by atoms with Crippen LogP contribution in [0.25, 0.3) is 0 Å². The third-order valence-electron chi connectivity index (χ3n) is 9.10. The highest BCUT2D eigenvalue weighted by atomic mass is 16.8. The molecule has 4 heterocycles. The molecule has 3 N–H and O–H groups in total. The molecule has 0 amide bonds. The van der Waals surface area contributed by atoms with Crippen molar-refractivity contribution in [2.24, 2.45) is 11.8 Å². The number of ether oxygens (including phenoxy) is 9. The van der Waals surface area contributed by atoms with Gasteiger partial charge in [-0.15, -0.1) is 0 Å². The Balaban J connectivity index is 1.35. The smallest absolute Gasteiger partial charge is 0.310 e. The highest BCUT2D eigenvalue weighted by Gasteiger charge is 2.57. The van der Waals surface area contributed by atoms with Crippen molar-refractivity contribution < 1.29 is 62.7 Å². The molecule has 2 aromatic rings. The number of phenolic OH excluding ortho intramolecular Hbond substituents is 1. The number of carbonyl (C=O) groups excluding carboxylic acids is 1. The van der Waals surface area contributed by atoms with Crippen LogP contribution in [0.2, 0.25) is 0 Å². The van der Waals surface area contributed by atoms with Gasteiger partial charge >= 0.3 is 5.97 Å². The Morgan fingerprint density at radius 2 is 1.77 bits per heavy atom. The second kappa shape index (κ2) is 10.3. The number of aliphatic hydroxyl groups is 2. The van der Waals surface area contributed by atoms with Gasteiger partial charge in [0.25, 0.3) is 0 Å². The Morgan fingerprint density at radius 3 is 2.49 bits per heavy atom. The second-order valence-electron chi connectivity index (χ2n) is 11.7. The molecule has 0 spiro atoms. The van der Waals surface area contributed by atoms with Gasteiger partial charge < -0.3 is 58.0 Å². The molecule has 0 unspecified atom stereocenters. The maximum Gasteiger partial charge on any atom is 0.310 e. The number of hydrogen-bond donors (Lipinski definition) is 3. The molecule has 3 saturated heterocycles. The van der Waals surface area contributed by atoms with Crippen LogP contribution in [0.3, 0.4) is 0 Å². The molecule has 7 rings (SSSR count). The van der Waals surface area contributed by atoms with E-state index in [1.807, 2.05) is 6.07 Å². The first-order chi connectivity index (χ1) is 20.6. The average Bonchev–Trinajstić information content (AvgIpc) is 3.62. The molecule has 9 atom stereocenters. The van der Waals surface area contributed by atoms with E-state index >= 15 is 0 Å². The van der Waals surface area contributed by atoms with Crippen molar-refractivity contribution in [2.45, 2.75) is 62.7 Å². The number of aromatic hydroxyl groups is 1. The van der Waals surface area contributed by atoms with E-state index in [9.17, 15) is 20.1 Å². The minimum absolute atomic E-state index is 0.0644. The molecule has 0 saturated carbocycles.